The van der Waals surface area contributed by atoms with Crippen molar-refractivity contribution in [1.29, 1.82) is 5.26 Å². The van der Waals surface area contributed by atoms with Crippen LogP contribution in [0.4, 0.5) is 19.3 Å². The van der Waals surface area contributed by atoms with Crippen molar-refractivity contribution >= 4 is 46.9 Å². The number of carbonyl (C=O) groups is 3. The number of methoxy groups -OCH3 is 1. The van der Waals surface area contributed by atoms with Gasteiger partial charge in [-0.2, -0.15) is 5.26 Å². The van der Waals surface area contributed by atoms with E-state index in [0.29, 0.717) is 13.0 Å². The van der Waals surface area contributed by atoms with Gasteiger partial charge >= 0.3 is 12.1 Å². The van der Waals surface area contributed by atoms with Gasteiger partial charge in [0.25, 0.3) is 0 Å². The molecule has 1 saturated heterocycles. The van der Waals surface area contributed by atoms with Gasteiger partial charge in [-0.05, 0) is 74.6 Å². The highest BCUT2D eigenvalue weighted by Gasteiger charge is 2.61. The zero-order valence-corrected chi connectivity index (χ0v) is 34.1. The Hall–Kier alpha value is -4.48. The minimum Gasteiger partial charge on any atom is -0.495 e. The van der Waals surface area contributed by atoms with E-state index >= 15 is 8.78 Å². The first kappa shape index (κ1) is 44.2. The number of hydrogen-bond acceptors (Lipinski definition) is 10. The van der Waals surface area contributed by atoms with Crippen LogP contribution in [-0.4, -0.2) is 62.3 Å². The quantitative estimate of drug-likeness (QED) is 0.119. The van der Waals surface area contributed by atoms with E-state index in [2.05, 4.69) is 16.7 Å². The molecule has 1 heterocycles. The Morgan fingerprint density at radius 3 is 2.38 bits per heavy atom. The van der Waals surface area contributed by atoms with Crippen molar-refractivity contribution in [3.63, 3.8) is 0 Å². The number of amides is 1. The summed E-state index contributed by atoms with van der Waals surface area (Å²) >= 11 is 12.4. The zero-order valence-electron chi connectivity index (χ0n) is 32.6. The molecule has 0 spiro atoms. The van der Waals surface area contributed by atoms with Crippen molar-refractivity contribution < 1.29 is 46.8 Å². The lowest BCUT2D eigenvalue weighted by Gasteiger charge is -2.37. The van der Waals surface area contributed by atoms with Gasteiger partial charge in [0, 0.05) is 42.5 Å². The highest BCUT2D eigenvalue weighted by Crippen LogP contribution is 2.53. The van der Waals surface area contributed by atoms with Crippen molar-refractivity contribution in [2.45, 2.75) is 96.6 Å². The summed E-state index contributed by atoms with van der Waals surface area (Å²) in [6.45, 7) is 13.2. The second-order valence-corrected chi connectivity index (χ2v) is 16.1. The number of halogens is 4. The molecule has 0 aromatic heterocycles. The summed E-state index contributed by atoms with van der Waals surface area (Å²) in [6.07, 6.45) is -1.66. The lowest BCUT2D eigenvalue weighted by molar-refractivity contribution is -0.118. The van der Waals surface area contributed by atoms with E-state index in [9.17, 15) is 19.6 Å². The highest BCUT2D eigenvalue weighted by molar-refractivity contribution is 6.31. The van der Waals surface area contributed by atoms with Crippen molar-refractivity contribution in [2.24, 2.45) is 5.41 Å². The summed E-state index contributed by atoms with van der Waals surface area (Å²) in [5.74, 6) is -4.50. The van der Waals surface area contributed by atoms with Gasteiger partial charge in [0.1, 0.15) is 22.8 Å². The Morgan fingerprint density at radius 1 is 1.04 bits per heavy atom. The maximum absolute atomic E-state index is 16.0. The third-order valence-electron chi connectivity index (χ3n) is 9.42. The summed E-state index contributed by atoms with van der Waals surface area (Å²) in [5, 5.41) is 17.0. The van der Waals surface area contributed by atoms with E-state index in [1.165, 1.54) is 62.6 Å². The molecule has 5 atom stereocenters. The Kier molecular flexibility index (Phi) is 14.4. The second-order valence-electron chi connectivity index (χ2n) is 15.2. The van der Waals surface area contributed by atoms with Gasteiger partial charge in [0.2, 0.25) is 12.2 Å². The van der Waals surface area contributed by atoms with Crippen LogP contribution in [0.2, 0.25) is 10.0 Å². The number of esters is 1. The van der Waals surface area contributed by atoms with Gasteiger partial charge < -0.3 is 34.3 Å². The molecule has 1 aliphatic rings. The average molecular weight is 819 g/mol. The lowest BCUT2D eigenvalue weighted by atomic mass is 9.62. The first-order chi connectivity index (χ1) is 26.3. The fourth-order valence-corrected chi connectivity index (χ4v) is 7.28. The summed E-state index contributed by atoms with van der Waals surface area (Å²) in [6, 6.07) is 12.3. The normalized spacial score (nSPS) is 20.1. The number of nitriles is 1. The minimum atomic E-state index is -1.83. The smallest absolute Gasteiger partial charge is 0.495 e. The largest absolute Gasteiger partial charge is 0.511 e. The third-order valence-corrected chi connectivity index (χ3v) is 9.95. The molecule has 0 radical (unpaired) electrons. The Labute approximate surface area is 335 Å². The van der Waals surface area contributed by atoms with Crippen molar-refractivity contribution in [3.8, 4) is 11.8 Å². The number of rotatable bonds is 14. The van der Waals surface area contributed by atoms with Gasteiger partial charge in [-0.15, -0.1) is 0 Å². The molecule has 0 bridgehead atoms. The van der Waals surface area contributed by atoms with Crippen LogP contribution in [0.25, 0.3) is 0 Å². The molecule has 1 fully saturated rings. The number of hydrogen-bond donors (Lipinski definition) is 2. The monoisotopic (exact) mass is 817 g/mol. The van der Waals surface area contributed by atoms with Gasteiger partial charge in [-0.25, -0.2) is 18.4 Å². The van der Waals surface area contributed by atoms with E-state index in [1.54, 1.807) is 0 Å². The molecule has 0 saturated carbocycles. The topological polar surface area (TPSA) is 145 Å². The van der Waals surface area contributed by atoms with Crippen molar-refractivity contribution in [2.75, 3.05) is 25.6 Å². The number of anilines is 1. The minimum absolute atomic E-state index is 0.00745. The van der Waals surface area contributed by atoms with Crippen LogP contribution in [0.1, 0.15) is 88.7 Å². The fourth-order valence-electron chi connectivity index (χ4n) is 6.94. The molecule has 56 heavy (non-hydrogen) atoms. The summed E-state index contributed by atoms with van der Waals surface area (Å²) in [4.78, 5) is 39.6. The fraction of sp³-hybridized carbons (Fsp3) is 0.463. The molecule has 4 rings (SSSR count). The molecule has 0 aliphatic carbocycles. The number of nitrogens with zero attached hydrogens (tertiary/aromatic N) is 1. The third kappa shape index (κ3) is 10.3. The Bertz CT molecular complexity index is 1970. The van der Waals surface area contributed by atoms with E-state index < -0.39 is 70.4 Å². The number of carbonyl (C=O) groups excluding carboxylic acids is 3. The van der Waals surface area contributed by atoms with Crippen LogP contribution >= 0.6 is 23.2 Å². The average Bonchev–Trinajstić information content (AvgIpc) is 3.42. The molecule has 1 amide bonds. The van der Waals surface area contributed by atoms with E-state index in [1.807, 2.05) is 41.5 Å². The molecule has 302 valence electrons. The molecule has 3 aromatic rings. The molecule has 1 aliphatic heterocycles. The van der Waals surface area contributed by atoms with Gasteiger partial charge in [-0.3, -0.25) is 4.79 Å². The maximum Gasteiger partial charge on any atom is 0.511 e. The maximum atomic E-state index is 16.0. The Balaban J connectivity index is 1.63. The lowest BCUT2D eigenvalue weighted by Crippen LogP contribution is -2.45. The zero-order chi connectivity index (χ0) is 41.6. The standard InChI is InChI=1S/C41H47Cl2F2N3O8/c1-9-54-40(6,7)17-18-53-38(51)56-23(2)55-37(50)24-13-16-30(31(19-24)52-8)47-36(49)35-33(26-11-10-12-28(43)34(26)45)41(22-46,32(48-35)21-39(3,4)5)27-15-14-25(42)20-29(27)44/h10-16,19-20,23,32-33,35,48H,9,17-18,21H2,1-8H3,(H,47,49)/t23?,32-,33-,35+,41-/m0/s1. The van der Waals surface area contributed by atoms with Crippen LogP contribution in [0.5, 0.6) is 5.75 Å². The van der Waals surface area contributed by atoms with Gasteiger partial charge in [-0.1, -0.05) is 62.2 Å². The second kappa shape index (κ2) is 18.2. The van der Waals surface area contributed by atoms with Crippen LogP contribution in [0, 0.1) is 28.4 Å². The molecule has 2 N–H and O–H groups in total. The number of benzene rings is 3. The van der Waals surface area contributed by atoms with Crippen LogP contribution < -0.4 is 15.4 Å². The van der Waals surface area contributed by atoms with E-state index in [4.69, 9.17) is 46.9 Å². The molecular formula is C41H47Cl2F2N3O8. The first-order valence-electron chi connectivity index (χ1n) is 18.0. The highest BCUT2D eigenvalue weighted by atomic mass is 35.5. The van der Waals surface area contributed by atoms with Crippen molar-refractivity contribution in [1.82, 2.24) is 5.32 Å². The summed E-state index contributed by atoms with van der Waals surface area (Å²) in [5.41, 5.74) is -2.81. The Morgan fingerprint density at radius 2 is 1.75 bits per heavy atom. The van der Waals surface area contributed by atoms with Gasteiger partial charge in [0.05, 0.1) is 47.7 Å². The molecule has 11 nitrogen and oxygen atoms in total. The van der Waals surface area contributed by atoms with Crippen LogP contribution in [-0.2, 0) is 29.2 Å². The summed E-state index contributed by atoms with van der Waals surface area (Å²) < 4.78 is 58.5. The molecule has 3 aromatic carbocycles. The molecule has 15 heteroatoms. The predicted octanol–water partition coefficient (Wildman–Crippen LogP) is 9.10. The predicted molar refractivity (Wildman–Crippen MR) is 207 cm³/mol. The number of ether oxygens (including phenoxy) is 5. The van der Waals surface area contributed by atoms with Crippen LogP contribution in [0.3, 0.4) is 0 Å². The van der Waals surface area contributed by atoms with Crippen molar-refractivity contribution in [3.05, 3.63) is 93.0 Å². The number of nitrogens with one attached hydrogen (secondary N) is 2. The van der Waals surface area contributed by atoms with E-state index in [0.717, 1.165) is 6.07 Å². The summed E-state index contributed by atoms with van der Waals surface area (Å²) in [7, 11) is 1.32. The van der Waals surface area contributed by atoms with Crippen LogP contribution in [0.15, 0.2) is 54.6 Å². The molecule has 1 unspecified atom stereocenters. The first-order valence-corrected chi connectivity index (χ1v) is 18.8. The SMILES string of the molecule is CCOC(C)(C)CCOC(=O)OC(C)OC(=O)c1ccc(NC(=O)[C@@H]2N[C@@H](CC(C)(C)C)[C@](C#N)(c3ccc(Cl)cc3F)[C@H]2c2cccc(Cl)c2F)c(OC)c1. The molecular weight excluding hydrogens is 771 g/mol. The van der Waals surface area contributed by atoms with E-state index in [-0.39, 0.29) is 51.2 Å². The van der Waals surface area contributed by atoms with Gasteiger partial charge in [0.15, 0.2) is 0 Å².